The molecule has 0 saturated carbocycles. The van der Waals surface area contributed by atoms with Crippen LogP contribution >= 0.6 is 28.3 Å². The van der Waals surface area contributed by atoms with Crippen molar-refractivity contribution < 1.29 is 14.0 Å². The highest BCUT2D eigenvalue weighted by molar-refractivity contribution is 9.10. The standard InChI is InChI=1S/C14H20BrN3O3.ClH/c1-17(14(20)11-5-6-12(15)21-11)9-13(19)18-7-3-2-4-10(18)8-16;/h5-6,10H,2-4,7-9,16H2,1H3;1H. The number of carbonyl (C=O) groups is 2. The molecule has 8 heteroatoms. The van der Waals surface area contributed by atoms with Gasteiger partial charge in [0.1, 0.15) is 0 Å². The molecule has 0 aliphatic carbocycles. The van der Waals surface area contributed by atoms with Crippen molar-refractivity contribution in [3.63, 3.8) is 0 Å². The van der Waals surface area contributed by atoms with Crippen LogP contribution in [-0.4, -0.2) is 54.3 Å². The van der Waals surface area contributed by atoms with Crippen molar-refractivity contribution in [3.8, 4) is 0 Å². The van der Waals surface area contributed by atoms with E-state index in [1.54, 1.807) is 24.1 Å². The molecule has 2 rings (SSSR count). The minimum Gasteiger partial charge on any atom is -0.444 e. The van der Waals surface area contributed by atoms with Gasteiger partial charge in [-0.15, -0.1) is 12.4 Å². The second kappa shape index (κ2) is 8.55. The first-order valence-corrected chi connectivity index (χ1v) is 7.82. The van der Waals surface area contributed by atoms with E-state index in [4.69, 9.17) is 10.2 Å². The van der Waals surface area contributed by atoms with Crippen LogP contribution in [0.5, 0.6) is 0 Å². The number of furan rings is 1. The molecule has 124 valence electrons. The van der Waals surface area contributed by atoms with E-state index in [0.717, 1.165) is 25.8 Å². The molecule has 22 heavy (non-hydrogen) atoms. The topological polar surface area (TPSA) is 79.8 Å². The van der Waals surface area contributed by atoms with Crippen LogP contribution in [0.25, 0.3) is 0 Å². The molecule has 2 amide bonds. The lowest BCUT2D eigenvalue weighted by Gasteiger charge is -2.36. The molecular weight excluding hydrogens is 374 g/mol. The Kier molecular flexibility index (Phi) is 7.38. The summed E-state index contributed by atoms with van der Waals surface area (Å²) in [6.45, 7) is 1.22. The van der Waals surface area contributed by atoms with Crippen molar-refractivity contribution in [3.05, 3.63) is 22.6 Å². The van der Waals surface area contributed by atoms with Crippen molar-refractivity contribution in [2.24, 2.45) is 5.73 Å². The van der Waals surface area contributed by atoms with E-state index in [0.29, 0.717) is 11.2 Å². The van der Waals surface area contributed by atoms with Crippen LogP contribution in [0.1, 0.15) is 29.8 Å². The Labute approximate surface area is 144 Å². The van der Waals surface area contributed by atoms with E-state index in [9.17, 15) is 9.59 Å². The van der Waals surface area contributed by atoms with Crippen LogP contribution in [0.2, 0.25) is 0 Å². The highest BCUT2D eigenvalue weighted by Crippen LogP contribution is 2.18. The third-order valence-corrected chi connectivity index (χ3v) is 4.15. The van der Waals surface area contributed by atoms with E-state index in [1.165, 1.54) is 4.90 Å². The zero-order valence-corrected chi connectivity index (χ0v) is 14.9. The lowest BCUT2D eigenvalue weighted by molar-refractivity contribution is -0.135. The Balaban J connectivity index is 0.00000242. The molecule has 1 unspecified atom stereocenters. The average molecular weight is 395 g/mol. The van der Waals surface area contributed by atoms with Gasteiger partial charge in [-0.2, -0.15) is 0 Å². The Bertz CT molecular complexity index is 523. The fourth-order valence-corrected chi connectivity index (χ4v) is 2.86. The van der Waals surface area contributed by atoms with Gasteiger partial charge in [0, 0.05) is 26.2 Å². The number of rotatable bonds is 4. The summed E-state index contributed by atoms with van der Waals surface area (Å²) >= 11 is 3.15. The van der Waals surface area contributed by atoms with Crippen molar-refractivity contribution in [1.82, 2.24) is 9.80 Å². The first-order valence-electron chi connectivity index (χ1n) is 7.03. The van der Waals surface area contributed by atoms with Crippen LogP contribution in [0.4, 0.5) is 0 Å². The maximum Gasteiger partial charge on any atom is 0.289 e. The summed E-state index contributed by atoms with van der Waals surface area (Å²) < 4.78 is 5.71. The Morgan fingerprint density at radius 2 is 2.18 bits per heavy atom. The predicted molar refractivity (Wildman–Crippen MR) is 89.0 cm³/mol. The monoisotopic (exact) mass is 393 g/mol. The van der Waals surface area contributed by atoms with Crippen molar-refractivity contribution in [2.75, 3.05) is 26.7 Å². The molecule has 1 saturated heterocycles. The maximum absolute atomic E-state index is 12.4. The van der Waals surface area contributed by atoms with Crippen molar-refractivity contribution in [1.29, 1.82) is 0 Å². The summed E-state index contributed by atoms with van der Waals surface area (Å²) in [5.74, 6) is -0.159. The molecule has 0 spiro atoms. The number of nitrogens with zero attached hydrogens (tertiary/aromatic N) is 2. The largest absolute Gasteiger partial charge is 0.444 e. The first-order chi connectivity index (χ1) is 10.0. The summed E-state index contributed by atoms with van der Waals surface area (Å²) in [6, 6.07) is 3.32. The Hall–Kier alpha value is -1.05. The molecule has 1 aliphatic rings. The molecule has 1 aromatic rings. The summed E-state index contributed by atoms with van der Waals surface area (Å²) in [5.41, 5.74) is 5.72. The molecule has 0 aromatic carbocycles. The third-order valence-electron chi connectivity index (χ3n) is 3.72. The second-order valence-electron chi connectivity index (χ2n) is 5.24. The van der Waals surface area contributed by atoms with Crippen LogP contribution < -0.4 is 5.73 Å². The number of hydrogen-bond acceptors (Lipinski definition) is 4. The molecule has 2 N–H and O–H groups in total. The number of likely N-dealkylation sites (N-methyl/N-ethyl adjacent to an activating group) is 1. The molecular formula is C14H21BrClN3O3. The molecule has 1 aromatic heterocycles. The number of halogens is 2. The van der Waals surface area contributed by atoms with Gasteiger partial charge in [-0.05, 0) is 47.3 Å². The van der Waals surface area contributed by atoms with E-state index in [-0.39, 0.29) is 42.6 Å². The predicted octanol–water partition coefficient (Wildman–Crippen LogP) is 1.88. The second-order valence-corrected chi connectivity index (χ2v) is 6.02. The summed E-state index contributed by atoms with van der Waals surface area (Å²) in [7, 11) is 1.60. The van der Waals surface area contributed by atoms with Gasteiger partial charge in [0.15, 0.2) is 10.4 Å². The van der Waals surface area contributed by atoms with Crippen LogP contribution in [0.3, 0.4) is 0 Å². The van der Waals surface area contributed by atoms with Gasteiger partial charge in [0.25, 0.3) is 5.91 Å². The zero-order valence-electron chi connectivity index (χ0n) is 12.5. The summed E-state index contributed by atoms with van der Waals surface area (Å²) in [5, 5.41) is 0. The number of hydrogen-bond donors (Lipinski definition) is 1. The molecule has 0 radical (unpaired) electrons. The van der Waals surface area contributed by atoms with Crippen LogP contribution in [-0.2, 0) is 4.79 Å². The molecule has 1 aliphatic heterocycles. The molecule has 1 fully saturated rings. The minimum atomic E-state index is -0.310. The normalized spacial score (nSPS) is 17.8. The molecule has 6 nitrogen and oxygen atoms in total. The van der Waals surface area contributed by atoms with Gasteiger partial charge in [-0.25, -0.2) is 0 Å². The number of nitrogens with two attached hydrogens (primary N) is 1. The van der Waals surface area contributed by atoms with Crippen molar-refractivity contribution >= 4 is 40.2 Å². The van der Waals surface area contributed by atoms with Gasteiger partial charge in [-0.1, -0.05) is 0 Å². The molecule has 0 bridgehead atoms. The summed E-state index contributed by atoms with van der Waals surface area (Å²) in [4.78, 5) is 27.7. The Morgan fingerprint density at radius 1 is 1.45 bits per heavy atom. The fourth-order valence-electron chi connectivity index (χ4n) is 2.56. The van der Waals surface area contributed by atoms with E-state index < -0.39 is 0 Å². The first kappa shape index (κ1) is 19.0. The highest BCUT2D eigenvalue weighted by Gasteiger charge is 2.27. The maximum atomic E-state index is 12.4. The van der Waals surface area contributed by atoms with E-state index in [1.807, 2.05) is 0 Å². The third kappa shape index (κ3) is 4.47. The van der Waals surface area contributed by atoms with Gasteiger partial charge in [0.2, 0.25) is 5.91 Å². The number of likely N-dealkylation sites (tertiary alicyclic amines) is 1. The lowest BCUT2D eigenvalue weighted by atomic mass is 10.0. The minimum absolute atomic E-state index is 0. The summed E-state index contributed by atoms with van der Waals surface area (Å²) in [6.07, 6.45) is 3.02. The Morgan fingerprint density at radius 3 is 2.77 bits per heavy atom. The molecule has 1 atom stereocenters. The van der Waals surface area contributed by atoms with Gasteiger partial charge in [0.05, 0.1) is 6.54 Å². The number of amides is 2. The van der Waals surface area contributed by atoms with E-state index >= 15 is 0 Å². The van der Waals surface area contributed by atoms with Crippen molar-refractivity contribution in [2.45, 2.75) is 25.3 Å². The van der Waals surface area contributed by atoms with Crippen LogP contribution in [0.15, 0.2) is 21.2 Å². The number of piperidine rings is 1. The quantitative estimate of drug-likeness (QED) is 0.845. The van der Waals surface area contributed by atoms with E-state index in [2.05, 4.69) is 15.9 Å². The van der Waals surface area contributed by atoms with Crippen LogP contribution in [0, 0.1) is 0 Å². The SMILES string of the molecule is CN(CC(=O)N1CCCCC1CN)C(=O)c1ccc(Br)o1.Cl. The van der Waals surface area contributed by atoms with Gasteiger partial charge < -0.3 is 20.0 Å². The lowest BCUT2D eigenvalue weighted by Crippen LogP contribution is -2.50. The highest BCUT2D eigenvalue weighted by atomic mass is 79.9. The zero-order chi connectivity index (χ0) is 15.4. The van der Waals surface area contributed by atoms with Gasteiger partial charge >= 0.3 is 0 Å². The smallest absolute Gasteiger partial charge is 0.289 e. The fraction of sp³-hybridized carbons (Fsp3) is 0.571. The van der Waals surface area contributed by atoms with Gasteiger partial charge in [-0.3, -0.25) is 9.59 Å². The number of carbonyl (C=O) groups excluding carboxylic acids is 2. The average Bonchev–Trinajstić information content (AvgIpc) is 2.92. The molecule has 2 heterocycles.